The molecule has 0 N–H and O–H groups in total. The fraction of sp³-hybridized carbons (Fsp3) is 0.321. The van der Waals surface area contributed by atoms with Crippen LogP contribution < -0.4 is 10.9 Å². The molecule has 3 aromatic carbocycles. The predicted molar refractivity (Wildman–Crippen MR) is 138 cm³/mol. The molecule has 4 heteroatoms. The van der Waals surface area contributed by atoms with Crippen molar-refractivity contribution in [2.75, 3.05) is 0 Å². The third-order valence-electron chi connectivity index (χ3n) is 9.15. The number of benzene rings is 3. The molecule has 0 bridgehead atoms. The largest absolute Gasteiger partial charge is 0.292 e. The van der Waals surface area contributed by atoms with Crippen LogP contribution in [0.3, 0.4) is 0 Å². The zero-order valence-corrected chi connectivity index (χ0v) is 19.7. The van der Waals surface area contributed by atoms with E-state index in [-0.39, 0.29) is 16.2 Å². The number of rotatable bonds is 0. The van der Waals surface area contributed by atoms with Gasteiger partial charge in [0, 0.05) is 10.8 Å². The van der Waals surface area contributed by atoms with E-state index in [1.807, 2.05) is 0 Å². The Morgan fingerprint density at radius 3 is 1.88 bits per heavy atom. The minimum Gasteiger partial charge on any atom is -0.292 e. The van der Waals surface area contributed by atoms with Crippen LogP contribution in [0.4, 0.5) is 0 Å². The topological polar surface area (TPSA) is 17.3 Å². The molecule has 2 aromatic heterocycles. The van der Waals surface area contributed by atoms with E-state index in [1.54, 1.807) is 0 Å². The Balaban J connectivity index is 1.95. The summed E-state index contributed by atoms with van der Waals surface area (Å²) in [6, 6.07) is 16.9. The molecule has 154 valence electrons. The molecule has 0 atom stereocenters. The van der Waals surface area contributed by atoms with Gasteiger partial charge in [0.25, 0.3) is 0 Å². The smallest absolute Gasteiger partial charge is 0.146 e. The Kier molecular flexibility index (Phi) is 3.60. The summed E-state index contributed by atoms with van der Waals surface area (Å²) in [5.74, 6) is 0. The van der Waals surface area contributed by atoms with E-state index in [1.165, 1.54) is 16.3 Å². The number of nitrogens with zero attached hydrogens (tertiary/aromatic N) is 2. The van der Waals surface area contributed by atoms with Crippen molar-refractivity contribution in [1.82, 2.24) is 9.38 Å². The Bertz CT molecular complexity index is 1620. The Labute approximate surface area is 191 Å². The Morgan fingerprint density at radius 1 is 0.688 bits per heavy atom. The summed E-state index contributed by atoms with van der Waals surface area (Å²) < 4.78 is 2.23. The standard InChI is InChI=1S/C28H26B2N2/c1-26(2)19-20(27(3,4)28(26,5)6)22(30)24-23(21(19)29)31-25-17-13-8-7-11-15(17)16-12-9-10-14-18(16)32(24)25/h7-14H,1-6H3. The van der Waals surface area contributed by atoms with Gasteiger partial charge >= 0.3 is 0 Å². The van der Waals surface area contributed by atoms with Crippen LogP contribution in [0.25, 0.3) is 38.4 Å². The summed E-state index contributed by atoms with van der Waals surface area (Å²) in [6.45, 7) is 13.9. The quantitative estimate of drug-likeness (QED) is 0.259. The molecule has 2 nitrogen and oxygen atoms in total. The van der Waals surface area contributed by atoms with Crippen molar-refractivity contribution in [3.8, 4) is 0 Å². The third-order valence-corrected chi connectivity index (χ3v) is 9.15. The fourth-order valence-electron chi connectivity index (χ4n) is 6.29. The van der Waals surface area contributed by atoms with Crippen molar-refractivity contribution in [1.29, 1.82) is 0 Å². The van der Waals surface area contributed by atoms with Gasteiger partial charge in [-0.3, -0.25) is 4.40 Å². The predicted octanol–water partition coefficient (Wildman–Crippen LogP) is 4.98. The maximum absolute atomic E-state index is 7.09. The van der Waals surface area contributed by atoms with Gasteiger partial charge in [-0.25, -0.2) is 4.98 Å². The van der Waals surface area contributed by atoms with Gasteiger partial charge in [0.05, 0.1) is 16.6 Å². The number of hydrogen-bond donors (Lipinski definition) is 0. The van der Waals surface area contributed by atoms with Crippen LogP contribution in [0.15, 0.2) is 48.5 Å². The lowest BCUT2D eigenvalue weighted by atomic mass is 9.58. The molecule has 1 aliphatic carbocycles. The summed E-state index contributed by atoms with van der Waals surface area (Å²) in [6.07, 6.45) is 0. The number of hydrogen-bond acceptors (Lipinski definition) is 1. The van der Waals surface area contributed by atoms with E-state index in [9.17, 15) is 0 Å². The molecule has 4 radical (unpaired) electrons. The maximum atomic E-state index is 7.09. The fourth-order valence-corrected chi connectivity index (χ4v) is 6.29. The molecule has 0 amide bonds. The van der Waals surface area contributed by atoms with Crippen LogP contribution in [0.1, 0.15) is 52.7 Å². The normalized spacial score (nSPS) is 18.7. The van der Waals surface area contributed by atoms with Crippen molar-refractivity contribution in [3.05, 3.63) is 59.7 Å². The molecule has 2 heterocycles. The monoisotopic (exact) mass is 412 g/mol. The van der Waals surface area contributed by atoms with Gasteiger partial charge in [-0.2, -0.15) is 0 Å². The van der Waals surface area contributed by atoms with Crippen molar-refractivity contribution < 1.29 is 0 Å². The van der Waals surface area contributed by atoms with Crippen molar-refractivity contribution in [3.63, 3.8) is 0 Å². The SMILES string of the molecule is [B]c1c2c(c([B])c3c1nc1c4ccccc4c4ccccc4n13)C(C)(C)C(C)(C)C2(C)C. The first kappa shape index (κ1) is 19.9. The lowest BCUT2D eigenvalue weighted by Gasteiger charge is -2.45. The Hall–Kier alpha value is -2.74. The van der Waals surface area contributed by atoms with Gasteiger partial charge in [0.15, 0.2) is 0 Å². The highest BCUT2D eigenvalue weighted by atomic mass is 15.0. The lowest BCUT2D eigenvalue weighted by molar-refractivity contribution is 0.125. The summed E-state index contributed by atoms with van der Waals surface area (Å²) in [5.41, 5.74) is 7.35. The highest BCUT2D eigenvalue weighted by molar-refractivity contribution is 6.47. The number of fused-ring (bicyclic) bond motifs is 9. The van der Waals surface area contributed by atoms with E-state index < -0.39 is 0 Å². The minimum atomic E-state index is -0.144. The molecule has 0 aliphatic heterocycles. The first-order valence-electron chi connectivity index (χ1n) is 11.4. The van der Waals surface area contributed by atoms with Crippen LogP contribution in [0.2, 0.25) is 0 Å². The molecule has 0 saturated carbocycles. The molecule has 0 saturated heterocycles. The molecule has 5 aromatic rings. The van der Waals surface area contributed by atoms with E-state index in [4.69, 9.17) is 20.7 Å². The van der Waals surface area contributed by atoms with Crippen LogP contribution in [-0.2, 0) is 10.8 Å². The molecule has 0 fully saturated rings. The van der Waals surface area contributed by atoms with Crippen molar-refractivity contribution in [2.45, 2.75) is 52.4 Å². The maximum Gasteiger partial charge on any atom is 0.146 e. The Morgan fingerprint density at radius 2 is 1.22 bits per heavy atom. The average Bonchev–Trinajstić information content (AvgIpc) is 3.21. The van der Waals surface area contributed by atoms with E-state index in [0.29, 0.717) is 0 Å². The summed E-state index contributed by atoms with van der Waals surface area (Å²) in [5, 5.41) is 3.49. The number of pyridine rings is 1. The van der Waals surface area contributed by atoms with E-state index in [2.05, 4.69) is 94.5 Å². The molecule has 0 spiro atoms. The number of imidazole rings is 1. The summed E-state index contributed by atoms with van der Waals surface area (Å²) in [7, 11) is 14.1. The number of para-hydroxylation sites is 1. The first-order valence-corrected chi connectivity index (χ1v) is 11.4. The van der Waals surface area contributed by atoms with Crippen molar-refractivity contribution >= 4 is 65.0 Å². The average molecular weight is 412 g/mol. The third kappa shape index (κ3) is 1.99. The van der Waals surface area contributed by atoms with Gasteiger partial charge in [-0.15, -0.1) is 0 Å². The number of aromatic nitrogens is 2. The second kappa shape index (κ2) is 5.78. The molecular weight excluding hydrogens is 386 g/mol. The van der Waals surface area contributed by atoms with Gasteiger partial charge in [0.1, 0.15) is 21.3 Å². The van der Waals surface area contributed by atoms with Crippen molar-refractivity contribution in [2.24, 2.45) is 5.41 Å². The zero-order valence-electron chi connectivity index (χ0n) is 19.7. The highest BCUT2D eigenvalue weighted by Crippen LogP contribution is 2.60. The molecule has 1 aliphatic rings. The van der Waals surface area contributed by atoms with Crippen LogP contribution in [-0.4, -0.2) is 25.1 Å². The van der Waals surface area contributed by atoms with Crippen LogP contribution in [0.5, 0.6) is 0 Å². The van der Waals surface area contributed by atoms with Crippen LogP contribution >= 0.6 is 0 Å². The first-order chi connectivity index (χ1) is 15.0. The van der Waals surface area contributed by atoms with Crippen LogP contribution in [0, 0.1) is 5.41 Å². The second-order valence-electron chi connectivity index (χ2n) is 11.0. The highest BCUT2D eigenvalue weighted by Gasteiger charge is 2.58. The molecule has 6 rings (SSSR count). The van der Waals surface area contributed by atoms with Gasteiger partial charge < -0.3 is 0 Å². The molecular formula is C28H26B2N2. The van der Waals surface area contributed by atoms with E-state index in [0.717, 1.165) is 44.1 Å². The zero-order chi connectivity index (χ0) is 22.8. The minimum absolute atomic E-state index is 0.0292. The second-order valence-corrected chi connectivity index (χ2v) is 11.0. The molecule has 0 unspecified atom stereocenters. The van der Waals surface area contributed by atoms with Gasteiger partial charge in [-0.05, 0) is 38.8 Å². The van der Waals surface area contributed by atoms with E-state index >= 15 is 0 Å². The van der Waals surface area contributed by atoms with Gasteiger partial charge in [0.2, 0.25) is 0 Å². The summed E-state index contributed by atoms with van der Waals surface area (Å²) in [4.78, 5) is 5.15. The lowest BCUT2D eigenvalue weighted by Crippen LogP contribution is -2.43. The molecule has 32 heavy (non-hydrogen) atoms. The summed E-state index contributed by atoms with van der Waals surface area (Å²) >= 11 is 0. The van der Waals surface area contributed by atoms with Gasteiger partial charge in [-0.1, -0.05) is 94.9 Å².